The first-order chi connectivity index (χ1) is 17.5. The Kier molecular flexibility index (Phi) is 7.95. The fraction of sp³-hybridized carbons (Fsp3) is 0.409. The number of anilines is 1. The molecule has 2 aromatic heterocycles. The summed E-state index contributed by atoms with van der Waals surface area (Å²) in [4.78, 5) is 41.0. The largest absolute Gasteiger partial charge is 0.466 e. The summed E-state index contributed by atoms with van der Waals surface area (Å²) < 4.78 is 29.1. The number of aromatic nitrogens is 5. The quantitative estimate of drug-likeness (QED) is 0.324. The van der Waals surface area contributed by atoms with Crippen LogP contribution in [0.15, 0.2) is 36.5 Å². The lowest BCUT2D eigenvalue weighted by atomic mass is 10.1. The summed E-state index contributed by atoms with van der Waals surface area (Å²) in [7, 11) is -4.64. The van der Waals surface area contributed by atoms with Crippen molar-refractivity contribution in [2.45, 2.75) is 44.9 Å². The Balaban J connectivity index is 0.000000586. The standard InChI is InChI=1S/C22H23FN6O3.H3O4P/c1-2-9-29-26-21(25-27-29)18-8-5-14(11-24-18)16-7-6-15(10-17(16)23)28-12-19(32-22(28)31)20(30)13-3-4-13;1-5(2,3)4/h5-8,10-11,13,19-20,30H,2-4,9,12H2,1H3;(H3,1,2,3,4)/t19-,20?;/m1./s1. The molecule has 37 heavy (non-hydrogen) atoms. The van der Waals surface area contributed by atoms with Crippen LogP contribution in [0, 0.1) is 11.7 Å². The van der Waals surface area contributed by atoms with Crippen molar-refractivity contribution in [3.05, 3.63) is 42.3 Å². The summed E-state index contributed by atoms with van der Waals surface area (Å²) in [6, 6.07) is 8.03. The summed E-state index contributed by atoms with van der Waals surface area (Å²) in [5.41, 5.74) is 1.89. The second-order valence-corrected chi connectivity index (χ2v) is 9.71. The van der Waals surface area contributed by atoms with Crippen molar-refractivity contribution in [1.29, 1.82) is 0 Å². The number of ether oxygens (including phenoxy) is 1. The minimum atomic E-state index is -4.64. The van der Waals surface area contributed by atoms with Gasteiger partial charge in [-0.1, -0.05) is 13.0 Å². The van der Waals surface area contributed by atoms with Gasteiger partial charge in [-0.05, 0) is 54.7 Å². The highest BCUT2D eigenvalue weighted by Gasteiger charge is 2.43. The maximum atomic E-state index is 14.9. The molecule has 5 rings (SSSR count). The molecule has 1 aromatic carbocycles. The maximum absolute atomic E-state index is 14.9. The van der Waals surface area contributed by atoms with E-state index in [1.165, 1.54) is 15.8 Å². The molecular formula is C22H26FN6O7P. The molecular weight excluding hydrogens is 510 g/mol. The zero-order valence-electron chi connectivity index (χ0n) is 19.8. The molecule has 4 N–H and O–H groups in total. The SMILES string of the molecule is CCCn1nnc(-c2ccc(-c3ccc(N4C[C@H](C(O)C5CC5)OC4=O)cc3F)cn2)n1.O=P(O)(O)O. The van der Waals surface area contributed by atoms with E-state index >= 15 is 0 Å². The number of cyclic esters (lactones) is 1. The molecule has 13 nitrogen and oxygen atoms in total. The van der Waals surface area contributed by atoms with Crippen LogP contribution in [0.3, 0.4) is 0 Å². The molecule has 3 aromatic rings. The number of benzene rings is 1. The Morgan fingerprint density at radius 2 is 1.95 bits per heavy atom. The number of aryl methyl sites for hydroxylation is 1. The van der Waals surface area contributed by atoms with Gasteiger partial charge in [0.1, 0.15) is 17.6 Å². The monoisotopic (exact) mass is 536 g/mol. The number of aliphatic hydroxyl groups is 1. The van der Waals surface area contributed by atoms with Crippen LogP contribution in [-0.2, 0) is 15.8 Å². The predicted octanol–water partition coefficient (Wildman–Crippen LogP) is 2.12. The van der Waals surface area contributed by atoms with E-state index < -0.39 is 31.9 Å². The van der Waals surface area contributed by atoms with Crippen molar-refractivity contribution in [1.82, 2.24) is 25.2 Å². The Morgan fingerprint density at radius 3 is 2.54 bits per heavy atom. The molecule has 0 bridgehead atoms. The lowest BCUT2D eigenvalue weighted by Crippen LogP contribution is -2.32. The van der Waals surface area contributed by atoms with Gasteiger partial charge in [-0.15, -0.1) is 10.2 Å². The fourth-order valence-corrected chi connectivity index (χ4v) is 3.85. The number of hydrogen-bond donors (Lipinski definition) is 4. The molecule has 0 radical (unpaired) electrons. The predicted molar refractivity (Wildman–Crippen MR) is 127 cm³/mol. The zero-order valence-corrected chi connectivity index (χ0v) is 20.6. The molecule has 2 fully saturated rings. The second-order valence-electron chi connectivity index (χ2n) is 8.68. The van der Waals surface area contributed by atoms with Crippen molar-refractivity contribution >= 4 is 19.6 Å². The summed E-state index contributed by atoms with van der Waals surface area (Å²) in [6.45, 7) is 2.91. The third kappa shape index (κ3) is 6.93. The number of pyridine rings is 1. The molecule has 1 aliphatic heterocycles. The van der Waals surface area contributed by atoms with Crippen molar-refractivity contribution in [3.8, 4) is 22.6 Å². The summed E-state index contributed by atoms with van der Waals surface area (Å²) in [5, 5.41) is 22.5. The van der Waals surface area contributed by atoms with Gasteiger partial charge in [0.05, 0.1) is 24.9 Å². The van der Waals surface area contributed by atoms with Crippen LogP contribution >= 0.6 is 7.82 Å². The molecule has 2 aliphatic rings. The van der Waals surface area contributed by atoms with Crippen LogP contribution in [0.25, 0.3) is 22.6 Å². The average molecular weight is 536 g/mol. The Hall–Kier alpha value is -3.29. The van der Waals surface area contributed by atoms with Gasteiger partial charge in [-0.2, -0.15) is 4.80 Å². The van der Waals surface area contributed by atoms with Crippen molar-refractivity contribution < 1.29 is 38.3 Å². The van der Waals surface area contributed by atoms with Gasteiger partial charge in [0, 0.05) is 17.3 Å². The Bertz CT molecular complexity index is 1290. The Morgan fingerprint density at radius 1 is 1.22 bits per heavy atom. The summed E-state index contributed by atoms with van der Waals surface area (Å²) >= 11 is 0. The van der Waals surface area contributed by atoms with Gasteiger partial charge >= 0.3 is 13.9 Å². The molecule has 198 valence electrons. The van der Waals surface area contributed by atoms with Gasteiger partial charge < -0.3 is 24.5 Å². The molecule has 2 atom stereocenters. The van der Waals surface area contributed by atoms with Gasteiger partial charge in [-0.25, -0.2) is 13.8 Å². The smallest absolute Gasteiger partial charge is 0.441 e. The van der Waals surface area contributed by atoms with E-state index in [1.807, 2.05) is 6.92 Å². The highest BCUT2D eigenvalue weighted by molar-refractivity contribution is 7.45. The number of rotatable bonds is 7. The molecule has 1 saturated carbocycles. The van der Waals surface area contributed by atoms with Gasteiger partial charge in [0.25, 0.3) is 0 Å². The first-order valence-corrected chi connectivity index (χ1v) is 13.1. The number of aliphatic hydroxyl groups excluding tert-OH is 1. The van der Waals surface area contributed by atoms with E-state index in [0.29, 0.717) is 34.9 Å². The van der Waals surface area contributed by atoms with E-state index in [4.69, 9.17) is 24.0 Å². The minimum Gasteiger partial charge on any atom is -0.441 e. The van der Waals surface area contributed by atoms with Crippen molar-refractivity contribution in [3.63, 3.8) is 0 Å². The van der Waals surface area contributed by atoms with E-state index in [2.05, 4.69) is 20.4 Å². The number of amides is 1. The molecule has 1 saturated heterocycles. The van der Waals surface area contributed by atoms with Crippen molar-refractivity contribution in [2.24, 2.45) is 5.92 Å². The normalized spacial score (nSPS) is 18.3. The molecule has 3 heterocycles. The zero-order chi connectivity index (χ0) is 26.7. The number of phosphoric acid groups is 1. The van der Waals surface area contributed by atoms with Crippen LogP contribution in [0.2, 0.25) is 0 Å². The highest BCUT2D eigenvalue weighted by atomic mass is 31.2. The average Bonchev–Trinajstić information content (AvgIpc) is 3.46. The molecule has 1 unspecified atom stereocenters. The number of hydrogen-bond acceptors (Lipinski definition) is 8. The number of halogens is 1. The highest BCUT2D eigenvalue weighted by Crippen LogP contribution is 2.37. The van der Waals surface area contributed by atoms with E-state index in [-0.39, 0.29) is 12.5 Å². The van der Waals surface area contributed by atoms with Crippen molar-refractivity contribution in [2.75, 3.05) is 11.4 Å². The number of nitrogens with zero attached hydrogens (tertiary/aromatic N) is 6. The number of carbonyl (C=O) groups is 1. The topological polar surface area (TPSA) is 184 Å². The second kappa shape index (κ2) is 11.0. The third-order valence-corrected chi connectivity index (χ3v) is 5.77. The number of tetrazole rings is 1. The molecule has 15 heteroatoms. The van der Waals surface area contributed by atoms with Crippen LogP contribution in [0.5, 0.6) is 0 Å². The van der Waals surface area contributed by atoms with Gasteiger partial charge in [-0.3, -0.25) is 9.88 Å². The first-order valence-electron chi connectivity index (χ1n) is 11.5. The van der Waals surface area contributed by atoms with Gasteiger partial charge in [0.15, 0.2) is 0 Å². The van der Waals surface area contributed by atoms with Crippen LogP contribution in [0.1, 0.15) is 26.2 Å². The number of carbonyl (C=O) groups excluding carboxylic acids is 1. The maximum Gasteiger partial charge on any atom is 0.466 e. The lowest BCUT2D eigenvalue weighted by molar-refractivity contribution is 0.0200. The van der Waals surface area contributed by atoms with Crippen LogP contribution in [0.4, 0.5) is 14.9 Å². The Labute approximate surface area is 210 Å². The minimum absolute atomic E-state index is 0.189. The fourth-order valence-electron chi connectivity index (χ4n) is 3.85. The third-order valence-electron chi connectivity index (χ3n) is 5.77. The van der Waals surface area contributed by atoms with Crippen LogP contribution in [-0.4, -0.2) is 69.8 Å². The summed E-state index contributed by atoms with van der Waals surface area (Å²) in [6.07, 6.45) is 2.51. The van der Waals surface area contributed by atoms with Crippen LogP contribution < -0.4 is 4.90 Å². The molecule has 1 amide bonds. The van der Waals surface area contributed by atoms with E-state index in [1.54, 1.807) is 30.5 Å². The van der Waals surface area contributed by atoms with E-state index in [9.17, 15) is 14.3 Å². The first kappa shape index (κ1) is 26.8. The summed E-state index contributed by atoms with van der Waals surface area (Å²) in [5.74, 6) is 0.119. The van der Waals surface area contributed by atoms with E-state index in [0.717, 1.165) is 19.3 Å². The molecule has 0 spiro atoms. The van der Waals surface area contributed by atoms with Gasteiger partial charge in [0.2, 0.25) is 5.82 Å². The molecule has 1 aliphatic carbocycles. The lowest BCUT2D eigenvalue weighted by Gasteiger charge is -2.16.